The maximum absolute atomic E-state index is 10.8. The molecule has 0 bridgehead atoms. The van der Waals surface area contributed by atoms with Crippen LogP contribution in [0.25, 0.3) is 11.3 Å². The fraction of sp³-hybridized carbons (Fsp3) is 0.167. The van der Waals surface area contributed by atoms with E-state index in [1.54, 1.807) is 0 Å². The maximum atomic E-state index is 10.8. The van der Waals surface area contributed by atoms with Crippen molar-refractivity contribution in [3.8, 4) is 17.0 Å². The lowest BCUT2D eigenvalue weighted by Crippen LogP contribution is -1.95. The molecule has 0 atom stereocenters. The Morgan fingerprint density at radius 1 is 1.44 bits per heavy atom. The summed E-state index contributed by atoms with van der Waals surface area (Å²) < 4.78 is 6.36. The van der Waals surface area contributed by atoms with E-state index in [-0.39, 0.29) is 5.69 Å². The summed E-state index contributed by atoms with van der Waals surface area (Å²) in [6.45, 7) is 0.679. The fourth-order valence-corrected chi connectivity index (χ4v) is 2.60. The zero-order valence-electron chi connectivity index (χ0n) is 9.24. The van der Waals surface area contributed by atoms with E-state index in [4.69, 9.17) is 9.84 Å². The summed E-state index contributed by atoms with van der Waals surface area (Å²) in [7, 11) is 0. The molecule has 5 nitrogen and oxygen atoms in total. The Morgan fingerprint density at radius 2 is 2.28 bits per heavy atom. The second-order valence-corrected chi connectivity index (χ2v) is 4.87. The van der Waals surface area contributed by atoms with Crippen molar-refractivity contribution in [3.05, 3.63) is 33.9 Å². The minimum Gasteiger partial charge on any atom is -0.492 e. The lowest BCUT2D eigenvalue weighted by atomic mass is 10.1. The summed E-state index contributed by atoms with van der Waals surface area (Å²) in [6, 6.07) is 5.38. The van der Waals surface area contributed by atoms with Gasteiger partial charge in [-0.3, -0.25) is 5.10 Å². The first-order valence-electron chi connectivity index (χ1n) is 5.39. The van der Waals surface area contributed by atoms with E-state index in [9.17, 15) is 4.79 Å². The number of aromatic nitrogens is 2. The van der Waals surface area contributed by atoms with Crippen molar-refractivity contribution in [1.82, 2.24) is 10.2 Å². The van der Waals surface area contributed by atoms with Crippen molar-refractivity contribution in [2.24, 2.45) is 0 Å². The Kier molecular flexibility index (Phi) is 2.59. The van der Waals surface area contributed by atoms with E-state index in [0.29, 0.717) is 12.3 Å². The van der Waals surface area contributed by atoms with E-state index in [0.717, 1.165) is 27.8 Å². The van der Waals surface area contributed by atoms with E-state index in [2.05, 4.69) is 26.1 Å². The van der Waals surface area contributed by atoms with Crippen molar-refractivity contribution in [2.75, 3.05) is 6.61 Å². The molecule has 1 aliphatic heterocycles. The topological polar surface area (TPSA) is 75.2 Å². The van der Waals surface area contributed by atoms with E-state index in [1.807, 2.05) is 12.1 Å². The second kappa shape index (κ2) is 4.13. The molecule has 1 aromatic carbocycles. The van der Waals surface area contributed by atoms with Crippen LogP contribution in [0.3, 0.4) is 0 Å². The quantitative estimate of drug-likeness (QED) is 0.893. The predicted molar refractivity (Wildman–Crippen MR) is 67.9 cm³/mol. The first-order valence-corrected chi connectivity index (χ1v) is 6.19. The van der Waals surface area contributed by atoms with Gasteiger partial charge in [-0.05, 0) is 39.7 Å². The largest absolute Gasteiger partial charge is 0.492 e. The Labute approximate surface area is 111 Å². The lowest BCUT2D eigenvalue weighted by Gasteiger charge is -2.04. The number of carbonyl (C=O) groups is 1. The monoisotopic (exact) mass is 308 g/mol. The summed E-state index contributed by atoms with van der Waals surface area (Å²) in [6.07, 6.45) is 0.859. The number of carboxylic acid groups (broad SMARTS) is 1. The van der Waals surface area contributed by atoms with Gasteiger partial charge in [0.2, 0.25) is 0 Å². The lowest BCUT2D eigenvalue weighted by molar-refractivity contribution is 0.0690. The van der Waals surface area contributed by atoms with E-state index >= 15 is 0 Å². The molecule has 0 spiro atoms. The van der Waals surface area contributed by atoms with Gasteiger partial charge in [0, 0.05) is 12.0 Å². The third-order valence-corrected chi connectivity index (χ3v) is 3.43. The van der Waals surface area contributed by atoms with Gasteiger partial charge < -0.3 is 9.84 Å². The number of halogens is 1. The van der Waals surface area contributed by atoms with Gasteiger partial charge >= 0.3 is 5.97 Å². The number of nitrogens with zero attached hydrogens (tertiary/aromatic N) is 1. The Hall–Kier alpha value is -1.82. The van der Waals surface area contributed by atoms with Crippen LogP contribution < -0.4 is 4.74 Å². The molecule has 0 saturated carbocycles. The van der Waals surface area contributed by atoms with Gasteiger partial charge in [0.1, 0.15) is 11.4 Å². The van der Waals surface area contributed by atoms with Crippen LogP contribution >= 0.6 is 15.9 Å². The van der Waals surface area contributed by atoms with Gasteiger partial charge in [-0.25, -0.2) is 4.79 Å². The molecule has 2 heterocycles. The van der Waals surface area contributed by atoms with Crippen LogP contribution in [0.15, 0.2) is 22.7 Å². The van der Waals surface area contributed by atoms with Crippen LogP contribution in [0, 0.1) is 0 Å². The van der Waals surface area contributed by atoms with Crippen molar-refractivity contribution < 1.29 is 14.6 Å². The molecule has 6 heteroatoms. The Morgan fingerprint density at radius 3 is 3.00 bits per heavy atom. The zero-order chi connectivity index (χ0) is 12.7. The van der Waals surface area contributed by atoms with Gasteiger partial charge in [0.05, 0.1) is 16.8 Å². The molecular weight excluding hydrogens is 300 g/mol. The van der Waals surface area contributed by atoms with Crippen LogP contribution in [0.5, 0.6) is 5.75 Å². The summed E-state index contributed by atoms with van der Waals surface area (Å²) >= 11 is 3.45. The average Bonchev–Trinajstić information content (AvgIpc) is 2.97. The molecule has 3 rings (SSSR count). The number of nitrogens with one attached hydrogen (secondary N) is 1. The van der Waals surface area contributed by atoms with Crippen molar-refractivity contribution in [1.29, 1.82) is 0 Å². The number of aromatic amines is 1. The zero-order valence-corrected chi connectivity index (χ0v) is 10.8. The van der Waals surface area contributed by atoms with Gasteiger partial charge in [0.25, 0.3) is 0 Å². The fourth-order valence-electron chi connectivity index (χ4n) is 1.99. The number of fused-ring (bicyclic) bond motifs is 1. The van der Waals surface area contributed by atoms with Gasteiger partial charge in [-0.2, -0.15) is 5.10 Å². The van der Waals surface area contributed by atoms with Gasteiger partial charge in [0.15, 0.2) is 0 Å². The minimum atomic E-state index is -1.02. The van der Waals surface area contributed by atoms with Crippen molar-refractivity contribution in [3.63, 3.8) is 0 Å². The number of benzene rings is 1. The minimum absolute atomic E-state index is 0.0814. The van der Waals surface area contributed by atoms with Crippen LogP contribution in [0.4, 0.5) is 0 Å². The van der Waals surface area contributed by atoms with E-state index < -0.39 is 5.97 Å². The number of aromatic carboxylic acids is 1. The molecule has 2 N–H and O–H groups in total. The van der Waals surface area contributed by atoms with Gasteiger partial charge in [-0.15, -0.1) is 0 Å². The standard InChI is InChI=1S/C12H9BrN2O3/c13-8-4-7(3-6-1-2-18-11(6)8)9-5-10(12(16)17)15-14-9/h3-5H,1-2H2,(H,14,15)(H,16,17). The summed E-state index contributed by atoms with van der Waals surface area (Å²) in [5.41, 5.74) is 2.68. The SMILES string of the molecule is O=C(O)c1cc(-c2cc(Br)c3c(c2)CCO3)n[nH]1. The summed E-state index contributed by atoms with van der Waals surface area (Å²) in [5, 5.41) is 15.4. The molecule has 0 fully saturated rings. The molecule has 1 aromatic heterocycles. The van der Waals surface area contributed by atoms with Gasteiger partial charge in [-0.1, -0.05) is 0 Å². The number of H-pyrrole nitrogens is 1. The highest BCUT2D eigenvalue weighted by Gasteiger charge is 2.18. The molecule has 0 aliphatic carbocycles. The highest BCUT2D eigenvalue weighted by Crippen LogP contribution is 2.37. The highest BCUT2D eigenvalue weighted by molar-refractivity contribution is 9.10. The molecule has 0 unspecified atom stereocenters. The summed E-state index contributed by atoms with van der Waals surface area (Å²) in [4.78, 5) is 10.8. The second-order valence-electron chi connectivity index (χ2n) is 4.02. The maximum Gasteiger partial charge on any atom is 0.353 e. The number of hydrogen-bond acceptors (Lipinski definition) is 3. The third kappa shape index (κ3) is 1.78. The normalized spacial score (nSPS) is 13.2. The predicted octanol–water partition coefficient (Wildman–Crippen LogP) is 2.47. The first kappa shape index (κ1) is 11.3. The molecule has 92 valence electrons. The molecule has 1 aliphatic rings. The van der Waals surface area contributed by atoms with E-state index in [1.165, 1.54) is 6.07 Å². The third-order valence-electron chi connectivity index (χ3n) is 2.84. The number of hydrogen-bond donors (Lipinski definition) is 2. The van der Waals surface area contributed by atoms with Crippen molar-refractivity contribution in [2.45, 2.75) is 6.42 Å². The molecular formula is C12H9BrN2O3. The van der Waals surface area contributed by atoms with Crippen molar-refractivity contribution >= 4 is 21.9 Å². The highest BCUT2D eigenvalue weighted by atomic mass is 79.9. The number of ether oxygens (including phenoxy) is 1. The molecule has 2 aromatic rings. The van der Waals surface area contributed by atoms with Crippen LogP contribution in [-0.2, 0) is 6.42 Å². The summed E-state index contributed by atoms with van der Waals surface area (Å²) in [5.74, 6) is -0.148. The first-order chi connectivity index (χ1) is 8.65. The molecule has 0 saturated heterocycles. The number of carboxylic acids is 1. The average molecular weight is 309 g/mol. The smallest absolute Gasteiger partial charge is 0.353 e. The Bertz CT molecular complexity index is 636. The molecule has 0 amide bonds. The Balaban J connectivity index is 2.06. The molecule has 0 radical (unpaired) electrons. The van der Waals surface area contributed by atoms with Crippen LogP contribution in [0.1, 0.15) is 16.1 Å². The van der Waals surface area contributed by atoms with Crippen LogP contribution in [-0.4, -0.2) is 27.9 Å². The molecule has 18 heavy (non-hydrogen) atoms. The van der Waals surface area contributed by atoms with Crippen LogP contribution in [0.2, 0.25) is 0 Å². The number of rotatable bonds is 2.